The lowest BCUT2D eigenvalue weighted by molar-refractivity contribution is -0.116. The van der Waals surface area contributed by atoms with Crippen LogP contribution in [0, 0.1) is 11.8 Å². The van der Waals surface area contributed by atoms with Gasteiger partial charge in [0, 0.05) is 29.4 Å². The first-order chi connectivity index (χ1) is 16.9. The third-order valence-electron chi connectivity index (χ3n) is 6.27. The number of guanidine groups is 1. The van der Waals surface area contributed by atoms with Crippen LogP contribution in [0.3, 0.4) is 0 Å². The second-order valence-electron chi connectivity index (χ2n) is 8.44. The first-order valence-corrected chi connectivity index (χ1v) is 12.2. The number of rotatable bonds is 5. The summed E-state index contributed by atoms with van der Waals surface area (Å²) in [6, 6.07) is 7.72. The Bertz CT molecular complexity index is 1190. The van der Waals surface area contributed by atoms with Gasteiger partial charge in [-0.1, -0.05) is 48.0 Å². The van der Waals surface area contributed by atoms with Crippen LogP contribution in [0.25, 0.3) is 11.1 Å². The molecule has 3 N–H and O–H groups in total. The molecule has 184 valence electrons. The molecule has 4 rings (SSSR count). The molecule has 0 aromatic heterocycles. The van der Waals surface area contributed by atoms with Gasteiger partial charge in [0.2, 0.25) is 0 Å². The Labute approximate surface area is 215 Å². The molecule has 9 heteroatoms. The zero-order valence-corrected chi connectivity index (χ0v) is 21.4. The topological polar surface area (TPSA) is 84.0 Å². The number of nitrogens with zero attached hydrogens (tertiary/aromatic N) is 1. The number of anilines is 1. The molecule has 1 saturated carbocycles. The number of amides is 1. The molecule has 2 aliphatic rings. The summed E-state index contributed by atoms with van der Waals surface area (Å²) in [6.45, 7) is 2.15. The lowest BCUT2D eigenvalue weighted by Crippen LogP contribution is -2.54. The van der Waals surface area contributed by atoms with Crippen LogP contribution in [0.2, 0.25) is 10.0 Å². The fraction of sp³-hybridized carbons (Fsp3) is 0.385. The van der Waals surface area contributed by atoms with Gasteiger partial charge in [-0.25, -0.2) is 4.99 Å². The van der Waals surface area contributed by atoms with E-state index in [1.54, 1.807) is 27.2 Å². The Morgan fingerprint density at radius 2 is 1.77 bits per heavy atom. The quantitative estimate of drug-likeness (QED) is 0.489. The number of halogens is 2. The molecule has 2 atom stereocenters. The van der Waals surface area contributed by atoms with Gasteiger partial charge in [0.25, 0.3) is 5.91 Å². The molecule has 2 aromatic carbocycles. The fourth-order valence-electron chi connectivity index (χ4n) is 4.52. The first kappa shape index (κ1) is 25.0. The average molecular weight is 515 g/mol. The van der Waals surface area contributed by atoms with E-state index < -0.39 is 0 Å². The van der Waals surface area contributed by atoms with Gasteiger partial charge in [0.1, 0.15) is 11.5 Å². The van der Waals surface area contributed by atoms with Crippen LogP contribution in [0.4, 0.5) is 5.69 Å². The van der Waals surface area contributed by atoms with Crippen molar-refractivity contribution < 1.29 is 14.3 Å². The van der Waals surface area contributed by atoms with Gasteiger partial charge in [0.05, 0.1) is 30.8 Å². The van der Waals surface area contributed by atoms with Crippen molar-refractivity contribution in [3.05, 3.63) is 39.9 Å². The van der Waals surface area contributed by atoms with Crippen LogP contribution in [0.1, 0.15) is 38.2 Å². The highest BCUT2D eigenvalue weighted by atomic mass is 35.5. The molecule has 1 amide bonds. The molecule has 1 fully saturated rings. The van der Waals surface area contributed by atoms with Gasteiger partial charge in [-0.2, -0.15) is 0 Å². The standard InChI is InChI=1S/C26H28Cl2N4O3/c1-4-7-22(33)30-18-8-5-6-9-19(18)32-26-29-14-16-12-15(10-11-17(16)31-26)23-24(27)20(34-2)13-21(35-3)25(23)28/h10-13,18-19H,5-6,8-9,14H2,1-3H3,(H,30,33)(H2,29,31,32). The van der Waals surface area contributed by atoms with Gasteiger partial charge < -0.3 is 25.4 Å². The number of hydrogen-bond donors (Lipinski definition) is 3. The van der Waals surface area contributed by atoms with Crippen LogP contribution in [0.15, 0.2) is 29.3 Å². The Morgan fingerprint density at radius 1 is 1.09 bits per heavy atom. The summed E-state index contributed by atoms with van der Waals surface area (Å²) in [7, 11) is 3.11. The Hall–Kier alpha value is -3.08. The van der Waals surface area contributed by atoms with Crippen molar-refractivity contribution in [2.75, 3.05) is 19.5 Å². The zero-order chi connectivity index (χ0) is 24.9. The number of hydrogen-bond acceptors (Lipinski definition) is 6. The summed E-state index contributed by atoms with van der Waals surface area (Å²) in [6.07, 6.45) is 4.04. The molecule has 2 unspecified atom stereocenters. The molecule has 1 aliphatic heterocycles. The van der Waals surface area contributed by atoms with Crippen LogP contribution < -0.4 is 25.4 Å². The summed E-state index contributed by atoms with van der Waals surface area (Å²) in [5.74, 6) is 6.64. The number of carbonyl (C=O) groups excluding carboxylic acids is 1. The molecule has 1 aliphatic carbocycles. The Balaban J connectivity index is 1.53. The van der Waals surface area contributed by atoms with Crippen molar-refractivity contribution in [3.63, 3.8) is 0 Å². The molecule has 35 heavy (non-hydrogen) atoms. The van der Waals surface area contributed by atoms with Crippen molar-refractivity contribution in [2.24, 2.45) is 4.99 Å². The van der Waals surface area contributed by atoms with E-state index in [4.69, 9.17) is 37.7 Å². The fourth-order valence-corrected chi connectivity index (χ4v) is 5.24. The normalized spacial score (nSPS) is 18.7. The highest BCUT2D eigenvalue weighted by molar-refractivity contribution is 6.41. The van der Waals surface area contributed by atoms with Crippen LogP contribution in [0.5, 0.6) is 11.5 Å². The summed E-state index contributed by atoms with van der Waals surface area (Å²) < 4.78 is 10.8. The molecule has 0 spiro atoms. The maximum atomic E-state index is 12.0. The van der Waals surface area contributed by atoms with Gasteiger partial charge in [-0.3, -0.25) is 4.79 Å². The minimum Gasteiger partial charge on any atom is -0.495 e. The molecule has 0 saturated heterocycles. The minimum atomic E-state index is -0.242. The largest absolute Gasteiger partial charge is 0.495 e. The smallest absolute Gasteiger partial charge is 0.296 e. The summed E-state index contributed by atoms with van der Waals surface area (Å²) in [5, 5.41) is 10.7. The summed E-state index contributed by atoms with van der Waals surface area (Å²) in [4.78, 5) is 16.7. The lowest BCUT2D eigenvalue weighted by atomic mass is 9.90. The van der Waals surface area contributed by atoms with E-state index in [2.05, 4.69) is 27.8 Å². The van der Waals surface area contributed by atoms with Crippen molar-refractivity contribution in [1.29, 1.82) is 0 Å². The van der Waals surface area contributed by atoms with E-state index in [-0.39, 0.29) is 18.0 Å². The second kappa shape index (κ2) is 11.1. The molecule has 0 bridgehead atoms. The number of carbonyl (C=O) groups is 1. The van der Waals surface area contributed by atoms with E-state index in [0.29, 0.717) is 39.6 Å². The zero-order valence-electron chi connectivity index (χ0n) is 19.9. The third-order valence-corrected chi connectivity index (χ3v) is 7.02. The van der Waals surface area contributed by atoms with Gasteiger partial charge in [0.15, 0.2) is 5.96 Å². The second-order valence-corrected chi connectivity index (χ2v) is 9.19. The predicted molar refractivity (Wildman–Crippen MR) is 141 cm³/mol. The number of methoxy groups -OCH3 is 2. The molecule has 0 radical (unpaired) electrons. The van der Waals surface area contributed by atoms with E-state index in [0.717, 1.165) is 42.5 Å². The van der Waals surface area contributed by atoms with Gasteiger partial charge in [-0.05, 0) is 48.9 Å². The predicted octanol–water partition coefficient (Wildman–Crippen LogP) is 5.00. The van der Waals surface area contributed by atoms with Crippen molar-refractivity contribution in [2.45, 2.75) is 51.2 Å². The lowest BCUT2D eigenvalue weighted by Gasteiger charge is -2.34. The molecule has 1 heterocycles. The molecular weight excluding hydrogens is 487 g/mol. The summed E-state index contributed by atoms with van der Waals surface area (Å²) >= 11 is 13.2. The monoisotopic (exact) mass is 514 g/mol. The SMILES string of the molecule is CC#CC(=O)NC1CCCCC1NC1=NCc2cc(-c3c(Cl)c(OC)cc(OC)c3Cl)ccc2N1. The minimum absolute atomic E-state index is 0.0118. The van der Waals surface area contributed by atoms with E-state index in [1.165, 1.54) is 0 Å². The van der Waals surface area contributed by atoms with E-state index >= 15 is 0 Å². The van der Waals surface area contributed by atoms with Crippen molar-refractivity contribution in [1.82, 2.24) is 10.6 Å². The number of benzene rings is 2. The highest BCUT2D eigenvalue weighted by Crippen LogP contribution is 2.46. The van der Waals surface area contributed by atoms with Gasteiger partial charge >= 0.3 is 0 Å². The van der Waals surface area contributed by atoms with E-state index in [9.17, 15) is 4.79 Å². The van der Waals surface area contributed by atoms with Gasteiger partial charge in [-0.15, -0.1) is 0 Å². The number of fused-ring (bicyclic) bond motifs is 1. The molecule has 7 nitrogen and oxygen atoms in total. The maximum absolute atomic E-state index is 12.0. The van der Waals surface area contributed by atoms with E-state index in [1.807, 2.05) is 18.2 Å². The summed E-state index contributed by atoms with van der Waals surface area (Å²) in [5.41, 5.74) is 3.45. The van der Waals surface area contributed by atoms with Crippen LogP contribution in [-0.4, -0.2) is 38.2 Å². The maximum Gasteiger partial charge on any atom is 0.296 e. The number of nitrogens with one attached hydrogen (secondary N) is 3. The first-order valence-electron chi connectivity index (χ1n) is 11.5. The molecular formula is C26H28Cl2N4O3. The van der Waals surface area contributed by atoms with Crippen molar-refractivity contribution >= 4 is 40.8 Å². The van der Waals surface area contributed by atoms with Crippen LogP contribution >= 0.6 is 23.2 Å². The Kier molecular flexibility index (Phi) is 7.94. The van der Waals surface area contributed by atoms with Crippen LogP contribution in [-0.2, 0) is 11.3 Å². The van der Waals surface area contributed by atoms with Crippen molar-refractivity contribution in [3.8, 4) is 34.5 Å². The third kappa shape index (κ3) is 5.44. The average Bonchev–Trinajstić information content (AvgIpc) is 2.85. The number of ether oxygens (including phenoxy) is 2. The molecule has 2 aromatic rings. The highest BCUT2D eigenvalue weighted by Gasteiger charge is 2.28. The Morgan fingerprint density at radius 3 is 2.43 bits per heavy atom. The number of aliphatic imine (C=N–C) groups is 1.